The lowest BCUT2D eigenvalue weighted by molar-refractivity contribution is -0.112. The Morgan fingerprint density at radius 1 is 1.25 bits per heavy atom. The van der Waals surface area contributed by atoms with E-state index < -0.39 is 5.91 Å². The SMILES string of the molecule is CCN(/C=C(/C#N)C(=O)Nc1ccc(Cl)cc1Cl)c1ccccc1. The van der Waals surface area contributed by atoms with Crippen molar-refractivity contribution < 1.29 is 4.79 Å². The number of halogens is 2. The third kappa shape index (κ3) is 4.51. The van der Waals surface area contributed by atoms with E-state index in [9.17, 15) is 10.1 Å². The van der Waals surface area contributed by atoms with Crippen molar-refractivity contribution in [2.75, 3.05) is 16.8 Å². The van der Waals surface area contributed by atoms with Crippen LogP contribution in [0.5, 0.6) is 0 Å². The minimum atomic E-state index is -0.531. The number of amides is 1. The second kappa shape index (κ2) is 8.39. The number of nitrogens with one attached hydrogen (secondary N) is 1. The van der Waals surface area contributed by atoms with Gasteiger partial charge in [-0.25, -0.2) is 0 Å². The standard InChI is InChI=1S/C18H15Cl2N3O/c1-2-23(15-6-4-3-5-7-15)12-13(11-21)18(24)22-17-9-8-14(19)10-16(17)20/h3-10,12H,2H2,1H3,(H,22,24)/b13-12-. The fourth-order valence-electron chi connectivity index (χ4n) is 2.04. The van der Waals surface area contributed by atoms with Crippen LogP contribution in [0.1, 0.15) is 6.92 Å². The van der Waals surface area contributed by atoms with Crippen molar-refractivity contribution in [3.8, 4) is 6.07 Å². The van der Waals surface area contributed by atoms with Crippen molar-refractivity contribution in [1.82, 2.24) is 0 Å². The van der Waals surface area contributed by atoms with Crippen molar-refractivity contribution in [3.63, 3.8) is 0 Å². The molecule has 0 unspecified atom stereocenters. The Morgan fingerprint density at radius 3 is 2.54 bits per heavy atom. The lowest BCUT2D eigenvalue weighted by Gasteiger charge is -2.18. The van der Waals surface area contributed by atoms with Gasteiger partial charge in [-0.1, -0.05) is 41.4 Å². The van der Waals surface area contributed by atoms with E-state index in [0.29, 0.717) is 22.3 Å². The summed E-state index contributed by atoms with van der Waals surface area (Å²) in [5, 5.41) is 12.7. The second-order valence-corrected chi connectivity index (χ2v) is 5.70. The molecule has 0 aromatic heterocycles. The zero-order valence-corrected chi connectivity index (χ0v) is 14.5. The molecule has 122 valence electrons. The van der Waals surface area contributed by atoms with E-state index in [1.807, 2.05) is 48.2 Å². The van der Waals surface area contributed by atoms with Gasteiger partial charge in [-0.05, 0) is 37.3 Å². The summed E-state index contributed by atoms with van der Waals surface area (Å²) in [6.45, 7) is 2.55. The first-order chi connectivity index (χ1) is 11.5. The van der Waals surface area contributed by atoms with Crippen molar-refractivity contribution in [3.05, 3.63) is 70.3 Å². The van der Waals surface area contributed by atoms with Gasteiger partial charge in [0.2, 0.25) is 0 Å². The van der Waals surface area contributed by atoms with Gasteiger partial charge in [0.15, 0.2) is 0 Å². The summed E-state index contributed by atoms with van der Waals surface area (Å²) in [7, 11) is 0. The zero-order valence-electron chi connectivity index (χ0n) is 13.0. The van der Waals surface area contributed by atoms with E-state index >= 15 is 0 Å². The molecule has 0 atom stereocenters. The van der Waals surface area contributed by atoms with Crippen LogP contribution in [0.15, 0.2) is 60.3 Å². The summed E-state index contributed by atoms with van der Waals surface area (Å²) in [4.78, 5) is 14.2. The highest BCUT2D eigenvalue weighted by Gasteiger charge is 2.13. The molecule has 0 heterocycles. The van der Waals surface area contributed by atoms with Crippen molar-refractivity contribution in [2.24, 2.45) is 0 Å². The number of carbonyl (C=O) groups is 1. The number of nitrogens with zero attached hydrogens (tertiary/aromatic N) is 2. The Kier molecular flexibility index (Phi) is 6.25. The number of hydrogen-bond donors (Lipinski definition) is 1. The molecule has 0 aliphatic rings. The first kappa shape index (κ1) is 17.9. The van der Waals surface area contributed by atoms with Crippen molar-refractivity contribution in [2.45, 2.75) is 6.92 Å². The highest BCUT2D eigenvalue weighted by molar-refractivity contribution is 6.36. The average molecular weight is 360 g/mol. The molecule has 0 radical (unpaired) electrons. The Balaban J connectivity index is 2.23. The predicted molar refractivity (Wildman–Crippen MR) is 98.2 cm³/mol. The maximum Gasteiger partial charge on any atom is 0.267 e. The molecule has 4 nitrogen and oxygen atoms in total. The van der Waals surface area contributed by atoms with Gasteiger partial charge in [-0.2, -0.15) is 5.26 Å². The predicted octanol–water partition coefficient (Wildman–Crippen LogP) is 4.87. The average Bonchev–Trinajstić information content (AvgIpc) is 2.59. The molecular weight excluding hydrogens is 345 g/mol. The topological polar surface area (TPSA) is 56.1 Å². The number of nitriles is 1. The lowest BCUT2D eigenvalue weighted by atomic mass is 10.2. The van der Waals surface area contributed by atoms with E-state index in [0.717, 1.165) is 5.69 Å². The Bertz CT molecular complexity index is 798. The molecule has 2 rings (SSSR count). The van der Waals surface area contributed by atoms with Crippen LogP contribution in [0.2, 0.25) is 10.0 Å². The second-order valence-electron chi connectivity index (χ2n) is 4.85. The number of rotatable bonds is 5. The van der Waals surface area contributed by atoms with Gasteiger partial charge in [0, 0.05) is 23.5 Å². The summed E-state index contributed by atoms with van der Waals surface area (Å²) in [5.74, 6) is -0.531. The number of carbonyl (C=O) groups excluding carboxylic acids is 1. The molecule has 0 aliphatic heterocycles. The Hall–Kier alpha value is -2.48. The minimum Gasteiger partial charge on any atom is -0.347 e. The number of para-hydroxylation sites is 1. The summed E-state index contributed by atoms with van der Waals surface area (Å²) in [5.41, 5.74) is 1.27. The fourth-order valence-corrected chi connectivity index (χ4v) is 2.50. The highest BCUT2D eigenvalue weighted by atomic mass is 35.5. The van der Waals surface area contributed by atoms with Crippen LogP contribution in [-0.4, -0.2) is 12.5 Å². The third-order valence-electron chi connectivity index (χ3n) is 3.26. The normalized spacial score (nSPS) is 10.8. The largest absolute Gasteiger partial charge is 0.347 e. The van der Waals surface area contributed by atoms with Gasteiger partial charge >= 0.3 is 0 Å². The van der Waals surface area contributed by atoms with Gasteiger partial charge in [0.25, 0.3) is 5.91 Å². The molecule has 1 N–H and O–H groups in total. The third-order valence-corrected chi connectivity index (χ3v) is 3.81. The van der Waals surface area contributed by atoms with Gasteiger partial charge in [0.05, 0.1) is 10.7 Å². The Morgan fingerprint density at radius 2 is 1.96 bits per heavy atom. The maximum absolute atomic E-state index is 12.3. The molecule has 0 spiro atoms. The number of anilines is 2. The molecule has 0 saturated heterocycles. The van der Waals surface area contributed by atoms with Crippen LogP contribution in [0.25, 0.3) is 0 Å². The monoisotopic (exact) mass is 359 g/mol. The summed E-state index contributed by atoms with van der Waals surface area (Å²) in [6, 6.07) is 16.2. The summed E-state index contributed by atoms with van der Waals surface area (Å²) < 4.78 is 0. The Labute approximate surface area is 150 Å². The molecule has 0 aliphatic carbocycles. The van der Waals surface area contributed by atoms with Crippen LogP contribution in [0, 0.1) is 11.3 Å². The molecule has 2 aromatic carbocycles. The van der Waals surface area contributed by atoms with Crippen molar-refractivity contribution >= 4 is 40.5 Å². The summed E-state index contributed by atoms with van der Waals surface area (Å²) >= 11 is 11.9. The van der Waals surface area contributed by atoms with Gasteiger partial charge in [-0.15, -0.1) is 0 Å². The molecule has 1 amide bonds. The minimum absolute atomic E-state index is 0.0216. The zero-order chi connectivity index (χ0) is 17.5. The van der Waals surface area contributed by atoms with Crippen LogP contribution in [0.3, 0.4) is 0 Å². The van der Waals surface area contributed by atoms with Crippen LogP contribution in [-0.2, 0) is 4.79 Å². The van der Waals surface area contributed by atoms with Gasteiger partial charge in [-0.3, -0.25) is 4.79 Å². The lowest BCUT2D eigenvalue weighted by Crippen LogP contribution is -2.20. The van der Waals surface area contributed by atoms with Gasteiger partial charge in [0.1, 0.15) is 11.6 Å². The highest BCUT2D eigenvalue weighted by Crippen LogP contribution is 2.25. The molecule has 0 bridgehead atoms. The molecule has 24 heavy (non-hydrogen) atoms. The fraction of sp³-hybridized carbons (Fsp3) is 0.111. The summed E-state index contributed by atoms with van der Waals surface area (Å²) in [6.07, 6.45) is 1.52. The number of benzene rings is 2. The van der Waals surface area contributed by atoms with Gasteiger partial charge < -0.3 is 10.2 Å². The van der Waals surface area contributed by atoms with E-state index in [4.69, 9.17) is 23.2 Å². The van der Waals surface area contributed by atoms with Crippen molar-refractivity contribution in [1.29, 1.82) is 5.26 Å². The van der Waals surface area contributed by atoms with E-state index in [1.54, 1.807) is 12.1 Å². The molecular formula is C18H15Cl2N3O. The quantitative estimate of drug-likeness (QED) is 0.612. The first-order valence-corrected chi connectivity index (χ1v) is 8.00. The van der Waals surface area contributed by atoms with E-state index in [-0.39, 0.29) is 5.57 Å². The maximum atomic E-state index is 12.3. The smallest absolute Gasteiger partial charge is 0.267 e. The van der Waals surface area contributed by atoms with Crippen LogP contribution < -0.4 is 10.2 Å². The van der Waals surface area contributed by atoms with E-state index in [1.165, 1.54) is 12.3 Å². The number of hydrogen-bond acceptors (Lipinski definition) is 3. The van der Waals surface area contributed by atoms with E-state index in [2.05, 4.69) is 5.32 Å². The molecule has 0 fully saturated rings. The van der Waals surface area contributed by atoms with Crippen LogP contribution in [0.4, 0.5) is 11.4 Å². The molecule has 2 aromatic rings. The first-order valence-electron chi connectivity index (χ1n) is 7.25. The van der Waals surface area contributed by atoms with Crippen LogP contribution >= 0.6 is 23.2 Å². The molecule has 0 saturated carbocycles. The molecule has 6 heteroatoms.